The summed E-state index contributed by atoms with van der Waals surface area (Å²) in [6, 6.07) is 8.28. The molecule has 1 saturated carbocycles. The molecule has 162 valence electrons. The molecule has 0 radical (unpaired) electrons. The minimum atomic E-state index is -4.39. The Hall–Kier alpha value is -3.36. The fourth-order valence-corrected chi connectivity index (χ4v) is 4.06. The maximum Gasteiger partial charge on any atom is 0.416 e. The van der Waals surface area contributed by atoms with Gasteiger partial charge in [-0.25, -0.2) is 4.52 Å². The number of fused-ring (bicyclic) bond motifs is 1. The van der Waals surface area contributed by atoms with Crippen LogP contribution in [0.4, 0.5) is 13.2 Å². The molecule has 1 fully saturated rings. The van der Waals surface area contributed by atoms with Gasteiger partial charge in [-0.2, -0.15) is 18.3 Å². The molecule has 2 N–H and O–H groups in total. The number of carboxylic acids is 1. The van der Waals surface area contributed by atoms with Gasteiger partial charge in [-0.3, -0.25) is 9.59 Å². The first-order chi connectivity index (χ1) is 14.7. The molecule has 1 aromatic carbocycles. The van der Waals surface area contributed by atoms with Crippen LogP contribution in [0.15, 0.2) is 48.8 Å². The highest BCUT2D eigenvalue weighted by molar-refractivity contribution is 6.01. The van der Waals surface area contributed by atoms with Crippen LogP contribution in [0.25, 0.3) is 5.52 Å². The number of hydrogen-bond donors (Lipinski definition) is 2. The SMILES string of the molecule is O=C(NC1CC[C@@H](C(=O)O)C1)c1cnn2cccc(Cc3ccc(C(F)(F)F)cc3)c12. The van der Waals surface area contributed by atoms with Crippen molar-refractivity contribution in [1.29, 1.82) is 0 Å². The zero-order valence-electron chi connectivity index (χ0n) is 16.4. The Morgan fingerprint density at radius 1 is 1.16 bits per heavy atom. The number of hydrogen-bond acceptors (Lipinski definition) is 3. The molecule has 1 aliphatic carbocycles. The molecule has 9 heteroatoms. The van der Waals surface area contributed by atoms with Gasteiger partial charge in [0.2, 0.25) is 0 Å². The van der Waals surface area contributed by atoms with Gasteiger partial charge in [0.1, 0.15) is 0 Å². The van der Waals surface area contributed by atoms with Crippen molar-refractivity contribution in [3.8, 4) is 0 Å². The standard InChI is InChI=1S/C22H20F3N3O3/c23-22(24,25)16-6-3-13(4-7-16)10-14-2-1-9-28-19(14)18(12-26-28)20(29)27-17-8-5-15(11-17)21(30)31/h1-4,6-7,9,12,15,17H,5,8,10-11H2,(H,27,29)(H,30,31)/t15-,17?/m1/s1. The maximum atomic E-state index is 12.9. The third-order valence-electron chi connectivity index (χ3n) is 5.66. The summed E-state index contributed by atoms with van der Waals surface area (Å²) in [5, 5.41) is 16.3. The third-order valence-corrected chi connectivity index (χ3v) is 5.66. The van der Waals surface area contributed by atoms with E-state index in [1.807, 2.05) is 6.07 Å². The number of aromatic nitrogens is 2. The number of carbonyl (C=O) groups excluding carboxylic acids is 1. The van der Waals surface area contributed by atoms with Crippen LogP contribution >= 0.6 is 0 Å². The van der Waals surface area contributed by atoms with Gasteiger partial charge in [-0.05, 0) is 55.0 Å². The van der Waals surface area contributed by atoms with Crippen LogP contribution in [-0.4, -0.2) is 32.6 Å². The Balaban J connectivity index is 1.56. The smallest absolute Gasteiger partial charge is 0.416 e. The van der Waals surface area contributed by atoms with Crippen molar-refractivity contribution >= 4 is 17.4 Å². The van der Waals surface area contributed by atoms with Gasteiger partial charge in [0.05, 0.1) is 28.8 Å². The summed E-state index contributed by atoms with van der Waals surface area (Å²) < 4.78 is 40.0. The summed E-state index contributed by atoms with van der Waals surface area (Å²) in [7, 11) is 0. The van der Waals surface area contributed by atoms with E-state index in [4.69, 9.17) is 5.11 Å². The predicted molar refractivity (Wildman–Crippen MR) is 106 cm³/mol. The number of nitrogens with one attached hydrogen (secondary N) is 1. The van der Waals surface area contributed by atoms with E-state index >= 15 is 0 Å². The van der Waals surface area contributed by atoms with E-state index < -0.39 is 23.6 Å². The van der Waals surface area contributed by atoms with Crippen LogP contribution in [0.2, 0.25) is 0 Å². The predicted octanol–water partition coefficient (Wildman–Crippen LogP) is 3.93. The van der Waals surface area contributed by atoms with Crippen LogP contribution in [0.5, 0.6) is 0 Å². The molecule has 2 atom stereocenters. The zero-order chi connectivity index (χ0) is 22.2. The molecule has 2 aromatic heterocycles. The largest absolute Gasteiger partial charge is 0.481 e. The highest BCUT2D eigenvalue weighted by atomic mass is 19.4. The van der Waals surface area contributed by atoms with Crippen molar-refractivity contribution in [1.82, 2.24) is 14.9 Å². The van der Waals surface area contributed by atoms with E-state index in [0.29, 0.717) is 42.3 Å². The van der Waals surface area contributed by atoms with E-state index in [0.717, 1.165) is 17.7 Å². The van der Waals surface area contributed by atoms with E-state index in [1.54, 1.807) is 16.8 Å². The van der Waals surface area contributed by atoms with E-state index in [9.17, 15) is 22.8 Å². The number of benzene rings is 1. The molecule has 4 rings (SSSR count). The van der Waals surface area contributed by atoms with Crippen molar-refractivity contribution in [3.05, 3.63) is 71.0 Å². The van der Waals surface area contributed by atoms with E-state index in [-0.39, 0.29) is 11.9 Å². The molecule has 1 aliphatic rings. The minimum Gasteiger partial charge on any atom is -0.481 e. The monoisotopic (exact) mass is 431 g/mol. The number of pyridine rings is 1. The van der Waals surface area contributed by atoms with E-state index in [2.05, 4.69) is 10.4 Å². The summed E-state index contributed by atoms with van der Waals surface area (Å²) >= 11 is 0. The van der Waals surface area contributed by atoms with Crippen molar-refractivity contribution in [2.24, 2.45) is 5.92 Å². The number of halogens is 3. The Morgan fingerprint density at radius 3 is 2.55 bits per heavy atom. The molecular weight excluding hydrogens is 411 g/mol. The lowest BCUT2D eigenvalue weighted by Gasteiger charge is -2.13. The van der Waals surface area contributed by atoms with Crippen LogP contribution in [-0.2, 0) is 17.4 Å². The summed E-state index contributed by atoms with van der Waals surface area (Å²) in [4.78, 5) is 24.0. The van der Waals surface area contributed by atoms with E-state index in [1.165, 1.54) is 18.3 Å². The minimum absolute atomic E-state index is 0.217. The summed E-state index contributed by atoms with van der Waals surface area (Å²) in [5.41, 5.74) is 1.64. The highest BCUT2D eigenvalue weighted by Crippen LogP contribution is 2.30. The van der Waals surface area contributed by atoms with Crippen LogP contribution in [0.3, 0.4) is 0 Å². The van der Waals surface area contributed by atoms with Gasteiger partial charge in [0, 0.05) is 12.2 Å². The van der Waals surface area contributed by atoms with Gasteiger partial charge < -0.3 is 10.4 Å². The molecule has 1 amide bonds. The first-order valence-corrected chi connectivity index (χ1v) is 9.87. The second kappa shape index (κ2) is 8.05. The van der Waals surface area contributed by atoms with Crippen LogP contribution in [0, 0.1) is 5.92 Å². The Bertz CT molecular complexity index is 1120. The van der Waals surface area contributed by atoms with Gasteiger partial charge in [0.25, 0.3) is 5.91 Å². The molecule has 0 aliphatic heterocycles. The lowest BCUT2D eigenvalue weighted by molar-refractivity contribution is -0.141. The first kappa shape index (κ1) is 20.9. The molecule has 31 heavy (non-hydrogen) atoms. The van der Waals surface area contributed by atoms with Crippen molar-refractivity contribution in [2.45, 2.75) is 37.9 Å². The summed E-state index contributed by atoms with van der Waals surface area (Å²) in [6.07, 6.45) is 0.588. The number of amides is 1. The molecule has 3 aromatic rings. The highest BCUT2D eigenvalue weighted by Gasteiger charge is 2.32. The molecule has 6 nitrogen and oxygen atoms in total. The average Bonchev–Trinajstić information content (AvgIpc) is 3.35. The molecule has 2 heterocycles. The first-order valence-electron chi connectivity index (χ1n) is 9.87. The lowest BCUT2D eigenvalue weighted by Crippen LogP contribution is -2.33. The number of carboxylic acid groups (broad SMARTS) is 1. The van der Waals surface area contributed by atoms with Crippen molar-refractivity contribution in [3.63, 3.8) is 0 Å². The Kier molecular flexibility index (Phi) is 5.43. The van der Waals surface area contributed by atoms with Gasteiger partial charge >= 0.3 is 12.1 Å². The normalized spacial score (nSPS) is 18.9. The number of alkyl halides is 3. The fraction of sp³-hybridized carbons (Fsp3) is 0.318. The molecule has 1 unspecified atom stereocenters. The molecular formula is C22H20F3N3O3. The topological polar surface area (TPSA) is 83.7 Å². The molecule has 0 saturated heterocycles. The quantitative estimate of drug-likeness (QED) is 0.641. The average molecular weight is 431 g/mol. The van der Waals surface area contributed by atoms with Crippen LogP contribution in [0.1, 0.15) is 46.3 Å². The fourth-order valence-electron chi connectivity index (χ4n) is 4.06. The Morgan fingerprint density at radius 2 is 1.90 bits per heavy atom. The van der Waals surface area contributed by atoms with Gasteiger partial charge in [-0.1, -0.05) is 18.2 Å². The molecule has 0 bridgehead atoms. The Labute approximate surface area is 175 Å². The van der Waals surface area contributed by atoms with Crippen LogP contribution < -0.4 is 5.32 Å². The van der Waals surface area contributed by atoms with Crippen molar-refractivity contribution < 1.29 is 27.9 Å². The molecule has 0 spiro atoms. The number of rotatable bonds is 5. The lowest BCUT2D eigenvalue weighted by atomic mass is 10.0. The van der Waals surface area contributed by atoms with Gasteiger partial charge in [0.15, 0.2) is 0 Å². The second-order valence-electron chi connectivity index (χ2n) is 7.77. The number of carbonyl (C=O) groups is 2. The summed E-state index contributed by atoms with van der Waals surface area (Å²) in [6.45, 7) is 0. The van der Waals surface area contributed by atoms with Crippen molar-refractivity contribution in [2.75, 3.05) is 0 Å². The second-order valence-corrected chi connectivity index (χ2v) is 7.77. The number of aliphatic carboxylic acids is 1. The maximum absolute atomic E-state index is 12.9. The number of nitrogens with zero attached hydrogens (tertiary/aromatic N) is 2. The van der Waals surface area contributed by atoms with Gasteiger partial charge in [-0.15, -0.1) is 0 Å². The summed E-state index contributed by atoms with van der Waals surface area (Å²) in [5.74, 6) is -1.65. The zero-order valence-corrected chi connectivity index (χ0v) is 16.4. The third kappa shape index (κ3) is 4.40.